The zero-order valence-corrected chi connectivity index (χ0v) is 20.4. The van der Waals surface area contributed by atoms with Crippen LogP contribution in [0.15, 0.2) is 48.8 Å². The summed E-state index contributed by atoms with van der Waals surface area (Å²) in [5.41, 5.74) is 1.64. The molecular formula is C27H30F3N3O4. The van der Waals surface area contributed by atoms with Gasteiger partial charge in [0.25, 0.3) is 0 Å². The lowest BCUT2D eigenvalue weighted by Gasteiger charge is -2.29. The van der Waals surface area contributed by atoms with Crippen LogP contribution in [0.1, 0.15) is 56.4 Å². The number of hydrogen-bond acceptors (Lipinski definition) is 6. The van der Waals surface area contributed by atoms with Gasteiger partial charge in [0.05, 0.1) is 13.0 Å². The molecule has 4 rings (SSSR count). The zero-order chi connectivity index (χ0) is 26.3. The van der Waals surface area contributed by atoms with Crippen LogP contribution < -0.4 is 10.1 Å². The molecule has 0 amide bonds. The minimum Gasteiger partial charge on any atom is -0.493 e. The fraction of sp³-hybridized carbons (Fsp3) is 0.444. The quantitative estimate of drug-likeness (QED) is 0.191. The summed E-state index contributed by atoms with van der Waals surface area (Å²) in [5.74, 6) is -2.39. The molecule has 198 valence electrons. The molecule has 7 nitrogen and oxygen atoms in total. The second-order valence-corrected chi connectivity index (χ2v) is 9.26. The van der Waals surface area contributed by atoms with Gasteiger partial charge in [0.15, 0.2) is 0 Å². The van der Waals surface area contributed by atoms with Gasteiger partial charge >= 0.3 is 18.1 Å². The average molecular weight is 518 g/mol. The second-order valence-electron chi connectivity index (χ2n) is 9.26. The summed E-state index contributed by atoms with van der Waals surface area (Å²) in [6.45, 7) is 1.21. The first-order valence-corrected chi connectivity index (χ1v) is 12.5. The monoisotopic (exact) mass is 517 g/mol. The molecule has 1 aliphatic rings. The maximum Gasteiger partial charge on any atom is 0.491 e. The molecule has 1 atom stereocenters. The summed E-state index contributed by atoms with van der Waals surface area (Å²) < 4.78 is 47.7. The Labute approximate surface area is 212 Å². The minimum atomic E-state index is -5.21. The molecule has 0 spiro atoms. The molecule has 1 aromatic carbocycles. The van der Waals surface area contributed by atoms with Crippen molar-refractivity contribution in [3.05, 3.63) is 54.4 Å². The molecule has 2 heterocycles. The first-order valence-electron chi connectivity index (χ1n) is 12.5. The number of carbonyl (C=O) groups is 2. The fourth-order valence-corrected chi connectivity index (χ4v) is 4.92. The molecule has 37 heavy (non-hydrogen) atoms. The Morgan fingerprint density at radius 3 is 2.68 bits per heavy atom. The van der Waals surface area contributed by atoms with Crippen molar-refractivity contribution in [2.45, 2.75) is 57.0 Å². The van der Waals surface area contributed by atoms with E-state index in [1.165, 1.54) is 0 Å². The predicted molar refractivity (Wildman–Crippen MR) is 132 cm³/mol. The smallest absolute Gasteiger partial charge is 0.491 e. The Kier molecular flexibility index (Phi) is 8.68. The van der Waals surface area contributed by atoms with Crippen LogP contribution in [0.5, 0.6) is 5.75 Å². The van der Waals surface area contributed by atoms with E-state index >= 15 is 0 Å². The van der Waals surface area contributed by atoms with Gasteiger partial charge in [-0.3, -0.25) is 4.79 Å². The van der Waals surface area contributed by atoms with Gasteiger partial charge in [-0.2, -0.15) is 13.2 Å². The Bertz CT molecular complexity index is 1190. The van der Waals surface area contributed by atoms with Crippen molar-refractivity contribution < 1.29 is 32.2 Å². The van der Waals surface area contributed by atoms with Crippen molar-refractivity contribution in [2.24, 2.45) is 5.92 Å². The highest BCUT2D eigenvalue weighted by Crippen LogP contribution is 2.41. The highest BCUT2D eigenvalue weighted by Gasteiger charge is 2.43. The lowest BCUT2D eigenvalue weighted by Crippen LogP contribution is -2.29. The van der Waals surface area contributed by atoms with Crippen LogP contribution in [-0.4, -0.2) is 41.2 Å². The minimum absolute atomic E-state index is 0.115. The van der Waals surface area contributed by atoms with Gasteiger partial charge in [-0.1, -0.05) is 25.3 Å². The number of fused-ring (bicyclic) bond motifs is 1. The number of alkyl halides is 3. The Morgan fingerprint density at radius 1 is 1.14 bits per heavy atom. The number of esters is 2. The van der Waals surface area contributed by atoms with E-state index in [1.54, 1.807) is 12.4 Å². The number of nitrogens with one attached hydrogen (secondary N) is 2. The number of H-pyrrole nitrogens is 1. The van der Waals surface area contributed by atoms with Crippen molar-refractivity contribution in [1.82, 2.24) is 9.97 Å². The van der Waals surface area contributed by atoms with E-state index in [4.69, 9.17) is 4.74 Å². The molecule has 0 saturated heterocycles. The van der Waals surface area contributed by atoms with Crippen LogP contribution in [0, 0.1) is 5.92 Å². The highest BCUT2D eigenvalue weighted by atomic mass is 19.4. The third-order valence-electron chi connectivity index (χ3n) is 6.69. The number of anilines is 1. The molecular weight excluding hydrogens is 487 g/mol. The van der Waals surface area contributed by atoms with Crippen molar-refractivity contribution in [1.29, 1.82) is 0 Å². The number of aromatic nitrogens is 2. The maximum atomic E-state index is 12.6. The van der Waals surface area contributed by atoms with Crippen LogP contribution in [0.2, 0.25) is 0 Å². The largest absolute Gasteiger partial charge is 0.493 e. The number of benzene rings is 1. The molecule has 3 aromatic rings. The zero-order valence-electron chi connectivity index (χ0n) is 20.4. The van der Waals surface area contributed by atoms with Crippen LogP contribution >= 0.6 is 0 Å². The van der Waals surface area contributed by atoms with E-state index in [0.29, 0.717) is 18.9 Å². The van der Waals surface area contributed by atoms with Crippen LogP contribution in [0.3, 0.4) is 0 Å². The Balaban J connectivity index is 1.41. The molecule has 1 aliphatic carbocycles. The van der Waals surface area contributed by atoms with Gasteiger partial charge in [0.1, 0.15) is 11.6 Å². The summed E-state index contributed by atoms with van der Waals surface area (Å²) in [6, 6.07) is 11.3. The van der Waals surface area contributed by atoms with E-state index in [1.807, 2.05) is 36.4 Å². The highest BCUT2D eigenvalue weighted by molar-refractivity contribution is 5.90. The van der Waals surface area contributed by atoms with Gasteiger partial charge in [0, 0.05) is 35.9 Å². The van der Waals surface area contributed by atoms with Gasteiger partial charge in [-0.15, -0.1) is 0 Å². The SMILES string of the molecule is O=C(CC(c1c[nH]c2cc(OCCCNc3ccccn3)ccc12)C1CCCCC1)OC(=O)C(F)(F)F. The summed E-state index contributed by atoms with van der Waals surface area (Å²) in [6.07, 6.45) is 3.60. The van der Waals surface area contributed by atoms with E-state index in [0.717, 1.165) is 60.8 Å². The lowest BCUT2D eigenvalue weighted by molar-refractivity contribution is -0.202. The number of hydrogen-bond donors (Lipinski definition) is 2. The number of ether oxygens (including phenoxy) is 2. The van der Waals surface area contributed by atoms with Crippen LogP contribution in [0.25, 0.3) is 10.9 Å². The summed E-state index contributed by atoms with van der Waals surface area (Å²) in [4.78, 5) is 30.9. The van der Waals surface area contributed by atoms with Crippen molar-refractivity contribution >= 4 is 28.7 Å². The van der Waals surface area contributed by atoms with E-state index in [9.17, 15) is 22.8 Å². The standard InChI is InChI=1S/C27H30F3N3O4/c28-27(29,30)26(35)37-25(34)16-21(18-7-2-1-3-8-18)22-17-33-23-15-19(10-11-20(22)23)36-14-6-13-32-24-9-4-5-12-31-24/h4-5,9-12,15,17-18,21,33H,1-3,6-8,13-14,16H2,(H,31,32). The molecule has 0 aliphatic heterocycles. The second kappa shape index (κ2) is 12.1. The normalized spacial score (nSPS) is 15.3. The van der Waals surface area contributed by atoms with Gasteiger partial charge in [0.2, 0.25) is 0 Å². The van der Waals surface area contributed by atoms with Crippen LogP contribution in [0.4, 0.5) is 19.0 Å². The van der Waals surface area contributed by atoms with Crippen LogP contribution in [-0.2, 0) is 14.3 Å². The van der Waals surface area contributed by atoms with Gasteiger partial charge in [-0.05, 0) is 60.9 Å². The molecule has 1 saturated carbocycles. The maximum absolute atomic E-state index is 12.6. The fourth-order valence-electron chi connectivity index (χ4n) is 4.92. The summed E-state index contributed by atoms with van der Waals surface area (Å²) in [5, 5.41) is 4.09. The molecule has 10 heteroatoms. The topological polar surface area (TPSA) is 93.3 Å². The first kappa shape index (κ1) is 26.5. The molecule has 2 aromatic heterocycles. The van der Waals surface area contributed by atoms with E-state index in [-0.39, 0.29) is 18.3 Å². The summed E-state index contributed by atoms with van der Waals surface area (Å²) >= 11 is 0. The average Bonchev–Trinajstić information content (AvgIpc) is 3.30. The number of rotatable bonds is 10. The Morgan fingerprint density at radius 2 is 1.95 bits per heavy atom. The molecule has 2 N–H and O–H groups in total. The van der Waals surface area contributed by atoms with Gasteiger partial charge < -0.3 is 19.8 Å². The van der Waals surface area contributed by atoms with Crippen molar-refractivity contribution in [3.63, 3.8) is 0 Å². The molecule has 1 unspecified atom stereocenters. The number of pyridine rings is 1. The third-order valence-corrected chi connectivity index (χ3v) is 6.69. The molecule has 0 radical (unpaired) electrons. The van der Waals surface area contributed by atoms with Crippen molar-refractivity contribution in [2.75, 3.05) is 18.5 Å². The Hall–Kier alpha value is -3.56. The molecule has 0 bridgehead atoms. The van der Waals surface area contributed by atoms with Gasteiger partial charge in [-0.25, -0.2) is 9.78 Å². The lowest BCUT2D eigenvalue weighted by atomic mass is 9.75. The van der Waals surface area contributed by atoms with Crippen molar-refractivity contribution in [3.8, 4) is 5.75 Å². The number of nitrogens with zero attached hydrogens (tertiary/aromatic N) is 1. The van der Waals surface area contributed by atoms with E-state index in [2.05, 4.69) is 20.0 Å². The number of aromatic amines is 1. The number of carbonyl (C=O) groups excluding carboxylic acids is 2. The third kappa shape index (κ3) is 7.24. The number of halogens is 3. The van der Waals surface area contributed by atoms with E-state index < -0.39 is 18.1 Å². The first-order chi connectivity index (χ1) is 17.8. The molecule has 1 fully saturated rings. The predicted octanol–water partition coefficient (Wildman–Crippen LogP) is 6.13. The summed E-state index contributed by atoms with van der Waals surface area (Å²) in [7, 11) is 0.